The van der Waals surface area contributed by atoms with Gasteiger partial charge in [0, 0.05) is 5.02 Å². The van der Waals surface area contributed by atoms with Crippen molar-refractivity contribution >= 4 is 23.0 Å². The summed E-state index contributed by atoms with van der Waals surface area (Å²) >= 11 is 5.87. The summed E-state index contributed by atoms with van der Waals surface area (Å²) in [6.07, 6.45) is -3.05. The average Bonchev–Trinajstić information content (AvgIpc) is 3.03. The van der Waals surface area contributed by atoms with Crippen LogP contribution in [0.4, 0.5) is 11.4 Å². The molecule has 0 radical (unpaired) electrons. The average molecular weight is 389 g/mol. The van der Waals surface area contributed by atoms with Gasteiger partial charge in [0.2, 0.25) is 0 Å². The molecule has 2 aromatic carbocycles. The Kier molecular flexibility index (Phi) is 5.82. The lowest BCUT2D eigenvalue weighted by Gasteiger charge is -2.14. The number of nitrogens with zero attached hydrogens (tertiary/aromatic N) is 3. The van der Waals surface area contributed by atoms with Gasteiger partial charge < -0.3 is 15.3 Å². The molecule has 1 aromatic heterocycles. The third-order valence-electron chi connectivity index (χ3n) is 3.85. The minimum atomic E-state index is -1.55. The maximum atomic E-state index is 12.8. The van der Waals surface area contributed by atoms with E-state index in [1.165, 1.54) is 0 Å². The zero-order valence-corrected chi connectivity index (χ0v) is 14.8. The first-order valence-electron chi connectivity index (χ1n) is 8.06. The molecular weight excluding hydrogens is 372 g/mol. The molecule has 0 bridgehead atoms. The largest absolute Gasteiger partial charge is 0.394 e. The fraction of sp³-hybridized carbons (Fsp3) is 0.167. The highest BCUT2D eigenvalue weighted by atomic mass is 35.5. The summed E-state index contributed by atoms with van der Waals surface area (Å²) in [5.41, 5.74) is 0.165. The van der Waals surface area contributed by atoms with Crippen LogP contribution in [-0.4, -0.2) is 37.8 Å². The molecule has 0 fully saturated rings. The van der Waals surface area contributed by atoms with Crippen molar-refractivity contribution in [3.05, 3.63) is 75.7 Å². The molecule has 140 valence electrons. The maximum absolute atomic E-state index is 12.8. The number of aliphatic hydroxyl groups excluding tert-OH is 3. The highest BCUT2D eigenvalue weighted by Crippen LogP contribution is 2.26. The van der Waals surface area contributed by atoms with Crippen molar-refractivity contribution < 1.29 is 15.3 Å². The number of hydrogen-bond acceptors (Lipinski definition) is 6. The Morgan fingerprint density at radius 3 is 2.33 bits per heavy atom. The number of hydrogen-bond donors (Lipinski definition) is 4. The van der Waals surface area contributed by atoms with Gasteiger partial charge in [0.05, 0.1) is 23.7 Å². The van der Waals surface area contributed by atoms with Crippen LogP contribution in [0, 0.1) is 0 Å². The Balaban J connectivity index is 2.10. The Morgan fingerprint density at radius 2 is 1.70 bits per heavy atom. The number of aliphatic hydroxyl groups is 3. The van der Waals surface area contributed by atoms with Crippen LogP contribution in [0.15, 0.2) is 69.6 Å². The number of H-pyrrole nitrogens is 1. The Labute approximate surface area is 159 Å². The molecule has 0 saturated heterocycles. The Hall–Kier alpha value is -2.78. The van der Waals surface area contributed by atoms with Gasteiger partial charge in [-0.25, -0.2) is 4.68 Å². The van der Waals surface area contributed by atoms with E-state index >= 15 is 0 Å². The molecule has 9 heteroatoms. The van der Waals surface area contributed by atoms with E-state index in [1.54, 1.807) is 48.5 Å². The normalized spacial score (nSPS) is 13.8. The standard InChI is InChI=1S/C18H17ClN4O4/c19-11-6-8-13(9-7-11)23-18(27)16(15(22-23)17(26)14(25)10-24)21-20-12-4-2-1-3-5-12/h1-9,14,17,22,24-26H,10H2. The van der Waals surface area contributed by atoms with Crippen molar-refractivity contribution in [2.24, 2.45) is 10.2 Å². The number of azo groups is 1. The van der Waals surface area contributed by atoms with Crippen molar-refractivity contribution in [3.63, 3.8) is 0 Å². The van der Waals surface area contributed by atoms with E-state index < -0.39 is 24.4 Å². The first kappa shape index (κ1) is 19.0. The van der Waals surface area contributed by atoms with Gasteiger partial charge in [0.15, 0.2) is 5.69 Å². The van der Waals surface area contributed by atoms with Gasteiger partial charge in [-0.15, -0.1) is 5.11 Å². The molecule has 3 rings (SSSR count). The predicted molar refractivity (Wildman–Crippen MR) is 100 cm³/mol. The number of halogens is 1. The molecular formula is C18H17ClN4O4. The number of aromatic amines is 1. The van der Waals surface area contributed by atoms with E-state index in [0.29, 0.717) is 16.4 Å². The summed E-state index contributed by atoms with van der Waals surface area (Å²) in [6, 6.07) is 15.2. The first-order valence-corrected chi connectivity index (χ1v) is 8.43. The third-order valence-corrected chi connectivity index (χ3v) is 4.10. The van der Waals surface area contributed by atoms with Gasteiger partial charge in [0.1, 0.15) is 12.2 Å². The number of rotatable bonds is 6. The Bertz CT molecular complexity index is 983. The molecule has 0 aliphatic carbocycles. The lowest BCUT2D eigenvalue weighted by molar-refractivity contribution is -0.0171. The summed E-state index contributed by atoms with van der Waals surface area (Å²) in [5, 5.41) is 40.3. The summed E-state index contributed by atoms with van der Waals surface area (Å²) in [4.78, 5) is 12.8. The van der Waals surface area contributed by atoms with Gasteiger partial charge in [-0.2, -0.15) is 5.11 Å². The first-order chi connectivity index (χ1) is 13.0. The minimum absolute atomic E-state index is 0.0591. The molecule has 27 heavy (non-hydrogen) atoms. The van der Waals surface area contributed by atoms with Gasteiger partial charge in [-0.3, -0.25) is 9.89 Å². The lowest BCUT2D eigenvalue weighted by atomic mass is 10.1. The molecule has 0 amide bonds. The monoisotopic (exact) mass is 388 g/mol. The fourth-order valence-corrected chi connectivity index (χ4v) is 2.54. The van der Waals surface area contributed by atoms with Crippen LogP contribution in [0.25, 0.3) is 5.69 Å². The van der Waals surface area contributed by atoms with E-state index in [2.05, 4.69) is 15.3 Å². The lowest BCUT2D eigenvalue weighted by Crippen LogP contribution is -2.22. The fourth-order valence-electron chi connectivity index (χ4n) is 2.41. The van der Waals surface area contributed by atoms with E-state index in [0.717, 1.165) is 4.68 Å². The summed E-state index contributed by atoms with van der Waals surface area (Å²) in [6.45, 7) is -0.690. The van der Waals surface area contributed by atoms with Crippen molar-refractivity contribution in [3.8, 4) is 5.69 Å². The summed E-state index contributed by atoms with van der Waals surface area (Å²) in [5.74, 6) is 0. The van der Waals surface area contributed by atoms with Crippen LogP contribution in [0.5, 0.6) is 0 Å². The maximum Gasteiger partial charge on any atom is 0.299 e. The molecule has 0 spiro atoms. The highest BCUT2D eigenvalue weighted by Gasteiger charge is 2.26. The van der Waals surface area contributed by atoms with Gasteiger partial charge in [-0.05, 0) is 36.4 Å². The Morgan fingerprint density at radius 1 is 1.04 bits per heavy atom. The number of aromatic nitrogens is 2. The highest BCUT2D eigenvalue weighted by molar-refractivity contribution is 6.30. The molecule has 4 N–H and O–H groups in total. The van der Waals surface area contributed by atoms with Crippen LogP contribution < -0.4 is 5.56 Å². The third kappa shape index (κ3) is 4.15. The number of nitrogens with one attached hydrogen (secondary N) is 1. The van der Waals surface area contributed by atoms with Gasteiger partial charge in [-0.1, -0.05) is 29.8 Å². The molecule has 2 atom stereocenters. The molecule has 2 unspecified atom stereocenters. The summed E-state index contributed by atoms with van der Waals surface area (Å²) < 4.78 is 1.15. The van der Waals surface area contributed by atoms with E-state index in [4.69, 9.17) is 16.7 Å². The topological polar surface area (TPSA) is 123 Å². The van der Waals surface area contributed by atoms with E-state index in [-0.39, 0.29) is 11.4 Å². The van der Waals surface area contributed by atoms with Crippen LogP contribution >= 0.6 is 11.6 Å². The van der Waals surface area contributed by atoms with E-state index in [9.17, 15) is 15.0 Å². The predicted octanol–water partition coefficient (Wildman–Crippen LogP) is 2.62. The number of benzene rings is 2. The van der Waals surface area contributed by atoms with Crippen LogP contribution in [-0.2, 0) is 0 Å². The zero-order valence-electron chi connectivity index (χ0n) is 14.0. The van der Waals surface area contributed by atoms with Crippen LogP contribution in [0.3, 0.4) is 0 Å². The molecule has 8 nitrogen and oxygen atoms in total. The second-order valence-corrected chi connectivity index (χ2v) is 6.16. The zero-order chi connectivity index (χ0) is 19.4. The smallest absolute Gasteiger partial charge is 0.299 e. The second kappa shape index (κ2) is 8.28. The molecule has 0 aliphatic heterocycles. The van der Waals surface area contributed by atoms with Crippen LogP contribution in [0.1, 0.15) is 11.8 Å². The van der Waals surface area contributed by atoms with Crippen molar-refractivity contribution in [1.29, 1.82) is 0 Å². The summed E-state index contributed by atoms with van der Waals surface area (Å²) in [7, 11) is 0. The molecule has 0 saturated carbocycles. The molecule has 3 aromatic rings. The van der Waals surface area contributed by atoms with Gasteiger partial charge in [0.25, 0.3) is 5.56 Å². The van der Waals surface area contributed by atoms with Crippen molar-refractivity contribution in [2.45, 2.75) is 12.2 Å². The van der Waals surface area contributed by atoms with Crippen molar-refractivity contribution in [1.82, 2.24) is 9.78 Å². The van der Waals surface area contributed by atoms with Crippen LogP contribution in [0.2, 0.25) is 5.02 Å². The second-order valence-electron chi connectivity index (χ2n) is 5.72. The quantitative estimate of drug-likeness (QED) is 0.484. The molecule has 1 heterocycles. The van der Waals surface area contributed by atoms with Crippen molar-refractivity contribution in [2.75, 3.05) is 6.61 Å². The molecule has 0 aliphatic rings. The van der Waals surface area contributed by atoms with Gasteiger partial charge >= 0.3 is 0 Å². The van der Waals surface area contributed by atoms with E-state index in [1.807, 2.05) is 6.07 Å². The SMILES string of the molecule is O=c1c(N=Nc2ccccc2)c(C(O)C(O)CO)[nH]n1-c1ccc(Cl)cc1. The minimum Gasteiger partial charge on any atom is -0.394 e.